The fraction of sp³-hybridized carbons (Fsp3) is 0.444. The molecule has 1 aromatic heterocycles. The monoisotopic (exact) mass is 165 g/mol. The molecule has 1 aromatic rings. The molecule has 2 rings (SSSR count). The Morgan fingerprint density at radius 3 is 2.75 bits per heavy atom. The Morgan fingerprint density at radius 2 is 2.33 bits per heavy atom. The van der Waals surface area contributed by atoms with Crippen LogP contribution in [0.1, 0.15) is 35.6 Å². The van der Waals surface area contributed by atoms with Gasteiger partial charge in [-0.05, 0) is 24.5 Å². The molecule has 1 amide bonds. The van der Waals surface area contributed by atoms with Crippen molar-refractivity contribution in [1.82, 2.24) is 0 Å². The van der Waals surface area contributed by atoms with Crippen LogP contribution in [0.2, 0.25) is 0 Å². The van der Waals surface area contributed by atoms with E-state index in [1.165, 1.54) is 0 Å². The van der Waals surface area contributed by atoms with Crippen LogP contribution in [0.3, 0.4) is 0 Å². The van der Waals surface area contributed by atoms with Gasteiger partial charge in [-0.2, -0.15) is 0 Å². The minimum atomic E-state index is -0.491. The summed E-state index contributed by atoms with van der Waals surface area (Å²) in [7, 11) is 0. The van der Waals surface area contributed by atoms with Gasteiger partial charge in [-0.15, -0.1) is 0 Å². The SMILES string of the molecule is CC1CC1c1ccc(C(N)=O)o1. The van der Waals surface area contributed by atoms with Crippen LogP contribution in [0.25, 0.3) is 0 Å². The number of primary amides is 1. The van der Waals surface area contributed by atoms with Crippen LogP contribution in [0.5, 0.6) is 0 Å². The predicted molar refractivity (Wildman–Crippen MR) is 43.7 cm³/mol. The molecule has 1 aliphatic carbocycles. The van der Waals surface area contributed by atoms with Gasteiger partial charge < -0.3 is 10.2 Å². The summed E-state index contributed by atoms with van der Waals surface area (Å²) in [5, 5.41) is 0. The Balaban J connectivity index is 2.19. The summed E-state index contributed by atoms with van der Waals surface area (Å²) < 4.78 is 5.26. The maximum atomic E-state index is 10.7. The van der Waals surface area contributed by atoms with E-state index in [-0.39, 0.29) is 5.76 Å². The molecule has 2 unspecified atom stereocenters. The number of nitrogens with two attached hydrogens (primary N) is 1. The lowest BCUT2D eigenvalue weighted by Crippen LogP contribution is -2.09. The lowest BCUT2D eigenvalue weighted by molar-refractivity contribution is 0.0972. The number of hydrogen-bond acceptors (Lipinski definition) is 2. The zero-order valence-electron chi connectivity index (χ0n) is 6.91. The first-order chi connectivity index (χ1) is 5.68. The van der Waals surface area contributed by atoms with Crippen molar-refractivity contribution in [2.75, 3.05) is 0 Å². The zero-order valence-corrected chi connectivity index (χ0v) is 6.91. The first kappa shape index (κ1) is 7.40. The highest BCUT2D eigenvalue weighted by atomic mass is 16.4. The molecule has 0 aliphatic heterocycles. The third-order valence-corrected chi connectivity index (χ3v) is 2.34. The van der Waals surface area contributed by atoms with E-state index in [1.54, 1.807) is 6.07 Å². The van der Waals surface area contributed by atoms with Gasteiger partial charge in [0.2, 0.25) is 0 Å². The zero-order chi connectivity index (χ0) is 8.72. The highest BCUT2D eigenvalue weighted by Crippen LogP contribution is 2.47. The lowest BCUT2D eigenvalue weighted by Gasteiger charge is -1.90. The summed E-state index contributed by atoms with van der Waals surface area (Å²) >= 11 is 0. The second kappa shape index (κ2) is 2.37. The highest BCUT2D eigenvalue weighted by molar-refractivity contribution is 5.89. The summed E-state index contributed by atoms with van der Waals surface area (Å²) in [5.41, 5.74) is 5.05. The van der Waals surface area contributed by atoms with Crippen LogP contribution >= 0.6 is 0 Å². The standard InChI is InChI=1S/C9H11NO2/c1-5-4-6(5)7-2-3-8(12-7)9(10)11/h2-3,5-6H,4H2,1H3,(H2,10,11). The van der Waals surface area contributed by atoms with Crippen LogP contribution in [-0.2, 0) is 0 Å². The summed E-state index contributed by atoms with van der Waals surface area (Å²) in [4.78, 5) is 10.7. The number of hydrogen-bond donors (Lipinski definition) is 1. The van der Waals surface area contributed by atoms with Crippen molar-refractivity contribution in [1.29, 1.82) is 0 Å². The van der Waals surface area contributed by atoms with Gasteiger partial charge in [-0.3, -0.25) is 4.79 Å². The Hall–Kier alpha value is -1.25. The van der Waals surface area contributed by atoms with E-state index in [1.807, 2.05) is 6.07 Å². The summed E-state index contributed by atoms with van der Waals surface area (Å²) in [5.74, 6) is 1.88. The quantitative estimate of drug-likeness (QED) is 0.722. The van der Waals surface area contributed by atoms with E-state index in [0.29, 0.717) is 11.8 Å². The molecule has 1 aliphatic rings. The van der Waals surface area contributed by atoms with Crippen molar-refractivity contribution in [3.05, 3.63) is 23.7 Å². The van der Waals surface area contributed by atoms with E-state index in [4.69, 9.17) is 10.2 Å². The molecule has 2 atom stereocenters. The minimum absolute atomic E-state index is 0.268. The Morgan fingerprint density at radius 1 is 1.67 bits per heavy atom. The smallest absolute Gasteiger partial charge is 0.284 e. The topological polar surface area (TPSA) is 56.2 Å². The average molecular weight is 165 g/mol. The van der Waals surface area contributed by atoms with Gasteiger partial charge in [-0.1, -0.05) is 6.92 Å². The minimum Gasteiger partial charge on any atom is -0.456 e. The number of rotatable bonds is 2. The largest absolute Gasteiger partial charge is 0.456 e. The molecule has 0 radical (unpaired) electrons. The summed E-state index contributed by atoms with van der Waals surface area (Å²) in [6, 6.07) is 3.48. The number of amides is 1. The van der Waals surface area contributed by atoms with Crippen LogP contribution < -0.4 is 5.73 Å². The lowest BCUT2D eigenvalue weighted by atomic mass is 10.3. The van der Waals surface area contributed by atoms with E-state index in [0.717, 1.165) is 12.2 Å². The molecular formula is C9H11NO2. The van der Waals surface area contributed by atoms with Crippen LogP contribution in [0, 0.1) is 5.92 Å². The van der Waals surface area contributed by atoms with Crippen molar-refractivity contribution in [2.24, 2.45) is 11.7 Å². The first-order valence-electron chi connectivity index (χ1n) is 4.08. The Kier molecular flexibility index (Phi) is 1.46. The first-order valence-corrected chi connectivity index (χ1v) is 4.08. The van der Waals surface area contributed by atoms with Gasteiger partial charge in [-0.25, -0.2) is 0 Å². The normalized spacial score (nSPS) is 27.1. The van der Waals surface area contributed by atoms with Crippen LogP contribution in [0.15, 0.2) is 16.5 Å². The average Bonchev–Trinajstić information content (AvgIpc) is 2.59. The van der Waals surface area contributed by atoms with Gasteiger partial charge in [0.1, 0.15) is 5.76 Å². The van der Waals surface area contributed by atoms with E-state index >= 15 is 0 Å². The second-order valence-electron chi connectivity index (χ2n) is 3.39. The van der Waals surface area contributed by atoms with Crippen molar-refractivity contribution < 1.29 is 9.21 Å². The van der Waals surface area contributed by atoms with Crippen molar-refractivity contribution in [3.8, 4) is 0 Å². The molecule has 1 heterocycles. The van der Waals surface area contributed by atoms with E-state index in [9.17, 15) is 4.79 Å². The Bertz CT molecular complexity index is 316. The second-order valence-corrected chi connectivity index (χ2v) is 3.39. The van der Waals surface area contributed by atoms with Crippen molar-refractivity contribution in [3.63, 3.8) is 0 Å². The van der Waals surface area contributed by atoms with Gasteiger partial charge in [0, 0.05) is 5.92 Å². The molecule has 3 heteroatoms. The maximum Gasteiger partial charge on any atom is 0.284 e. The third kappa shape index (κ3) is 1.11. The molecule has 0 aromatic carbocycles. The maximum absolute atomic E-state index is 10.7. The molecule has 1 fully saturated rings. The fourth-order valence-corrected chi connectivity index (χ4v) is 1.40. The van der Waals surface area contributed by atoms with E-state index in [2.05, 4.69) is 6.92 Å². The molecular weight excluding hydrogens is 154 g/mol. The fourth-order valence-electron chi connectivity index (χ4n) is 1.40. The van der Waals surface area contributed by atoms with Crippen molar-refractivity contribution >= 4 is 5.91 Å². The van der Waals surface area contributed by atoms with Gasteiger partial charge in [0.05, 0.1) is 0 Å². The van der Waals surface area contributed by atoms with Crippen LogP contribution in [-0.4, -0.2) is 5.91 Å². The van der Waals surface area contributed by atoms with Gasteiger partial charge >= 0.3 is 0 Å². The van der Waals surface area contributed by atoms with Gasteiger partial charge in [0.25, 0.3) is 5.91 Å². The summed E-state index contributed by atoms with van der Waals surface area (Å²) in [6.07, 6.45) is 1.16. The number of furan rings is 1. The number of carbonyl (C=O) groups excluding carboxylic acids is 1. The van der Waals surface area contributed by atoms with Crippen molar-refractivity contribution in [2.45, 2.75) is 19.3 Å². The third-order valence-electron chi connectivity index (χ3n) is 2.34. The molecule has 3 nitrogen and oxygen atoms in total. The molecule has 12 heavy (non-hydrogen) atoms. The molecule has 64 valence electrons. The highest BCUT2D eigenvalue weighted by Gasteiger charge is 2.36. The molecule has 2 N–H and O–H groups in total. The predicted octanol–water partition coefficient (Wildman–Crippen LogP) is 1.50. The molecule has 1 saturated carbocycles. The number of carbonyl (C=O) groups is 1. The van der Waals surface area contributed by atoms with E-state index < -0.39 is 5.91 Å². The van der Waals surface area contributed by atoms with Crippen LogP contribution in [0.4, 0.5) is 0 Å². The molecule has 0 bridgehead atoms. The molecule has 0 saturated heterocycles. The molecule has 0 spiro atoms. The van der Waals surface area contributed by atoms with Gasteiger partial charge in [0.15, 0.2) is 5.76 Å². The Labute approximate surface area is 70.5 Å². The summed E-state index contributed by atoms with van der Waals surface area (Å²) in [6.45, 7) is 2.16.